The van der Waals surface area contributed by atoms with Crippen molar-refractivity contribution in [1.82, 2.24) is 4.90 Å². The summed E-state index contributed by atoms with van der Waals surface area (Å²) in [5.41, 5.74) is 0. The molecule has 0 amide bonds. The van der Waals surface area contributed by atoms with Gasteiger partial charge in [-0.1, -0.05) is 0 Å². The number of hydrogen-bond donors (Lipinski definition) is 0. The Labute approximate surface area is 87.1 Å². The van der Waals surface area contributed by atoms with Crippen LogP contribution >= 0.6 is 0 Å². The molecule has 1 aliphatic heterocycles. The van der Waals surface area contributed by atoms with Gasteiger partial charge in [0.2, 0.25) is 0 Å². The van der Waals surface area contributed by atoms with Gasteiger partial charge < -0.3 is 9.64 Å². The lowest BCUT2D eigenvalue weighted by molar-refractivity contribution is 0.0253. The van der Waals surface area contributed by atoms with Crippen LogP contribution in [0.3, 0.4) is 0 Å². The molecular formula is C11H22NO2. The molecule has 0 spiro atoms. The van der Waals surface area contributed by atoms with Crippen LogP contribution in [0.15, 0.2) is 0 Å². The average molecular weight is 200 g/mol. The van der Waals surface area contributed by atoms with E-state index in [1.54, 1.807) is 7.11 Å². The third-order valence-electron chi connectivity index (χ3n) is 3.20. The molecule has 2 atom stereocenters. The molecule has 14 heavy (non-hydrogen) atoms. The lowest BCUT2D eigenvalue weighted by Gasteiger charge is -2.35. The van der Waals surface area contributed by atoms with Gasteiger partial charge in [0.25, 0.3) is 0 Å². The molecule has 3 nitrogen and oxygen atoms in total. The summed E-state index contributed by atoms with van der Waals surface area (Å²) < 4.78 is 5.35. The van der Waals surface area contributed by atoms with Gasteiger partial charge in [0.1, 0.15) is 0 Å². The number of rotatable bonds is 5. The van der Waals surface area contributed by atoms with E-state index in [0.29, 0.717) is 12.0 Å². The van der Waals surface area contributed by atoms with Crippen molar-refractivity contribution in [3.05, 3.63) is 0 Å². The van der Waals surface area contributed by atoms with Gasteiger partial charge in [0.05, 0.1) is 12.7 Å². The van der Waals surface area contributed by atoms with Crippen molar-refractivity contribution in [3.8, 4) is 0 Å². The highest BCUT2D eigenvalue weighted by Crippen LogP contribution is 2.21. The largest absolute Gasteiger partial charge is 0.381 e. The van der Waals surface area contributed by atoms with Crippen molar-refractivity contribution >= 4 is 0 Å². The Hall–Kier alpha value is -0.120. The van der Waals surface area contributed by atoms with Crippen LogP contribution < -0.4 is 0 Å². The normalized spacial score (nSPS) is 26.4. The van der Waals surface area contributed by atoms with E-state index >= 15 is 0 Å². The predicted molar refractivity (Wildman–Crippen MR) is 55.8 cm³/mol. The fourth-order valence-electron chi connectivity index (χ4n) is 2.16. The smallest absolute Gasteiger partial charge is 0.0834 e. The van der Waals surface area contributed by atoms with Crippen molar-refractivity contribution in [3.63, 3.8) is 0 Å². The Morgan fingerprint density at radius 2 is 2.36 bits per heavy atom. The highest BCUT2D eigenvalue weighted by molar-refractivity contribution is 4.76. The molecule has 1 saturated heterocycles. The van der Waals surface area contributed by atoms with Crippen LogP contribution in [0.2, 0.25) is 0 Å². The fraction of sp³-hybridized carbons (Fsp3) is 1.00. The van der Waals surface area contributed by atoms with Gasteiger partial charge in [-0.25, -0.2) is 5.11 Å². The second-order valence-corrected chi connectivity index (χ2v) is 4.20. The van der Waals surface area contributed by atoms with Crippen LogP contribution in [-0.2, 0) is 9.84 Å². The summed E-state index contributed by atoms with van der Waals surface area (Å²) in [6.07, 6.45) is 3.65. The van der Waals surface area contributed by atoms with Gasteiger partial charge in [-0.05, 0) is 38.6 Å². The van der Waals surface area contributed by atoms with E-state index < -0.39 is 0 Å². The minimum Gasteiger partial charge on any atom is -0.381 e. The molecule has 83 valence electrons. The topological polar surface area (TPSA) is 32.4 Å². The molecule has 1 aliphatic rings. The van der Waals surface area contributed by atoms with E-state index in [2.05, 4.69) is 11.8 Å². The van der Waals surface area contributed by atoms with Crippen molar-refractivity contribution in [1.29, 1.82) is 0 Å². The Balaban J connectivity index is 2.28. The third kappa shape index (κ3) is 3.56. The van der Waals surface area contributed by atoms with E-state index in [4.69, 9.17) is 4.74 Å². The molecule has 0 N–H and O–H groups in total. The van der Waals surface area contributed by atoms with Crippen LogP contribution in [0.25, 0.3) is 0 Å². The summed E-state index contributed by atoms with van der Waals surface area (Å²) >= 11 is 0. The quantitative estimate of drug-likeness (QED) is 0.674. The molecule has 0 aromatic rings. The van der Waals surface area contributed by atoms with Gasteiger partial charge in [-0.3, -0.25) is 0 Å². The molecule has 2 unspecified atom stereocenters. The van der Waals surface area contributed by atoms with Crippen molar-refractivity contribution < 1.29 is 9.84 Å². The minimum atomic E-state index is 0.0565. The number of likely N-dealkylation sites (tertiary alicyclic amines) is 1. The van der Waals surface area contributed by atoms with Gasteiger partial charge >= 0.3 is 0 Å². The first-order valence-corrected chi connectivity index (χ1v) is 5.61. The van der Waals surface area contributed by atoms with E-state index in [1.165, 1.54) is 12.8 Å². The minimum absolute atomic E-state index is 0.0565. The fourth-order valence-corrected chi connectivity index (χ4v) is 2.16. The van der Waals surface area contributed by atoms with E-state index in [0.717, 1.165) is 26.1 Å². The number of ether oxygens (including phenoxy) is 1. The lowest BCUT2D eigenvalue weighted by Crippen LogP contribution is -2.40. The van der Waals surface area contributed by atoms with Crippen LogP contribution in [0.5, 0.6) is 0 Å². The molecule has 1 radical (unpaired) electrons. The average Bonchev–Trinajstić information content (AvgIpc) is 2.25. The first-order valence-electron chi connectivity index (χ1n) is 5.61. The van der Waals surface area contributed by atoms with Crippen LogP contribution in [0.4, 0.5) is 0 Å². The summed E-state index contributed by atoms with van der Waals surface area (Å²) in [6, 6.07) is 0. The summed E-state index contributed by atoms with van der Waals surface area (Å²) in [4.78, 5) is 2.40. The molecule has 1 fully saturated rings. The molecule has 0 aliphatic carbocycles. The zero-order valence-corrected chi connectivity index (χ0v) is 9.37. The molecule has 0 aromatic carbocycles. The summed E-state index contributed by atoms with van der Waals surface area (Å²) in [6.45, 7) is 5.43. The Morgan fingerprint density at radius 1 is 1.57 bits per heavy atom. The molecular weight excluding hydrogens is 178 g/mol. The monoisotopic (exact) mass is 200 g/mol. The predicted octanol–water partition coefficient (Wildman–Crippen LogP) is 1.55. The van der Waals surface area contributed by atoms with Gasteiger partial charge in [-0.15, -0.1) is 0 Å². The second kappa shape index (κ2) is 6.38. The first kappa shape index (κ1) is 12.0. The van der Waals surface area contributed by atoms with Crippen molar-refractivity contribution in [2.24, 2.45) is 5.92 Å². The first-order chi connectivity index (χ1) is 6.77. The number of hydrogen-bond acceptors (Lipinski definition) is 2. The van der Waals surface area contributed by atoms with Crippen LogP contribution in [0, 0.1) is 5.92 Å². The zero-order valence-electron chi connectivity index (χ0n) is 9.37. The molecule has 0 bridgehead atoms. The second-order valence-electron chi connectivity index (χ2n) is 4.20. The maximum Gasteiger partial charge on any atom is 0.0834 e. The third-order valence-corrected chi connectivity index (χ3v) is 3.20. The highest BCUT2D eigenvalue weighted by Gasteiger charge is 2.23. The number of methoxy groups -OCH3 is 1. The Bertz CT molecular complexity index is 152. The number of nitrogens with zero attached hydrogens (tertiary/aromatic N) is 1. The number of piperidine rings is 1. The van der Waals surface area contributed by atoms with E-state index in [9.17, 15) is 5.11 Å². The van der Waals surface area contributed by atoms with Gasteiger partial charge in [0.15, 0.2) is 0 Å². The highest BCUT2D eigenvalue weighted by atomic mass is 16.5. The molecule has 0 aromatic heterocycles. The standard InChI is InChI=1S/C11H22NO2/c1-10(14-2)11-5-3-6-12(9-11)7-4-8-13/h10-11H,3-9H2,1-2H3. The molecule has 0 saturated carbocycles. The summed E-state index contributed by atoms with van der Waals surface area (Å²) in [7, 11) is 1.78. The van der Waals surface area contributed by atoms with Crippen LogP contribution in [-0.4, -0.2) is 44.4 Å². The maximum atomic E-state index is 10.4. The van der Waals surface area contributed by atoms with Gasteiger partial charge in [0, 0.05) is 20.2 Å². The molecule has 1 rings (SSSR count). The Kier molecular flexibility index (Phi) is 5.45. The van der Waals surface area contributed by atoms with Crippen molar-refractivity contribution in [2.45, 2.75) is 32.3 Å². The summed E-state index contributed by atoms with van der Waals surface area (Å²) in [5, 5.41) is 10.4. The molecule has 3 heteroatoms. The maximum absolute atomic E-state index is 10.4. The van der Waals surface area contributed by atoms with Crippen LogP contribution in [0.1, 0.15) is 26.2 Å². The van der Waals surface area contributed by atoms with Gasteiger partial charge in [-0.2, -0.15) is 0 Å². The zero-order chi connectivity index (χ0) is 10.4. The van der Waals surface area contributed by atoms with E-state index in [-0.39, 0.29) is 6.61 Å². The van der Waals surface area contributed by atoms with E-state index in [1.807, 2.05) is 0 Å². The summed E-state index contributed by atoms with van der Waals surface area (Å²) in [5.74, 6) is 0.653. The van der Waals surface area contributed by atoms with Crippen molar-refractivity contribution in [2.75, 3.05) is 33.4 Å². The SMILES string of the molecule is COC(C)C1CCCN(CCC[O])C1. The Morgan fingerprint density at radius 3 is 3.00 bits per heavy atom. The lowest BCUT2D eigenvalue weighted by atomic mass is 9.93. The molecule has 1 heterocycles.